The first-order valence-corrected chi connectivity index (χ1v) is 15.6. The van der Waals surface area contributed by atoms with Crippen LogP contribution >= 0.6 is 11.3 Å². The van der Waals surface area contributed by atoms with Gasteiger partial charge in [-0.25, -0.2) is 9.97 Å². The van der Waals surface area contributed by atoms with Crippen LogP contribution in [0.2, 0.25) is 0 Å². The molecule has 5 heterocycles. The highest BCUT2D eigenvalue weighted by Crippen LogP contribution is 2.38. The topological polar surface area (TPSA) is 92.7 Å². The number of carbonyl (C=O) groups is 1. The van der Waals surface area contributed by atoms with E-state index >= 15 is 0 Å². The van der Waals surface area contributed by atoms with Gasteiger partial charge in [-0.05, 0) is 74.9 Å². The number of ether oxygens (including phenoxy) is 2. The highest BCUT2D eigenvalue weighted by atomic mass is 32.1. The van der Waals surface area contributed by atoms with Crippen molar-refractivity contribution in [2.24, 2.45) is 0 Å². The van der Waals surface area contributed by atoms with Crippen LogP contribution < -0.4 is 10.1 Å². The van der Waals surface area contributed by atoms with Gasteiger partial charge in [0, 0.05) is 49.0 Å². The Kier molecular flexibility index (Phi) is 12.2. The van der Waals surface area contributed by atoms with Gasteiger partial charge in [-0.3, -0.25) is 14.7 Å². The number of benzene rings is 1. The molecule has 4 aromatic rings. The molecule has 3 aromatic heterocycles. The van der Waals surface area contributed by atoms with Gasteiger partial charge in [-0.15, -0.1) is 11.3 Å². The van der Waals surface area contributed by atoms with Crippen LogP contribution in [0.1, 0.15) is 35.5 Å². The molecule has 10 heteroatoms. The molecule has 0 radical (unpaired) electrons. The summed E-state index contributed by atoms with van der Waals surface area (Å²) in [4.78, 5) is 30.3. The number of hydrogen-bond acceptors (Lipinski definition) is 10. The maximum Gasteiger partial charge on any atom is 0.145 e. The summed E-state index contributed by atoms with van der Waals surface area (Å²) in [6.45, 7) is 14.5. The molecule has 0 amide bonds. The largest absolute Gasteiger partial charge is 0.455 e. The minimum Gasteiger partial charge on any atom is -0.455 e. The maximum atomic E-state index is 9.92. The van der Waals surface area contributed by atoms with Gasteiger partial charge < -0.3 is 19.7 Å². The van der Waals surface area contributed by atoms with Crippen LogP contribution in [0.15, 0.2) is 55.0 Å². The molecule has 2 aliphatic rings. The molecule has 0 unspecified atom stereocenters. The average molecular weight is 603 g/mol. The van der Waals surface area contributed by atoms with Crippen LogP contribution in [0.4, 0.5) is 11.5 Å². The van der Waals surface area contributed by atoms with E-state index in [0.717, 1.165) is 103 Å². The van der Waals surface area contributed by atoms with E-state index in [1.807, 2.05) is 58.0 Å². The predicted molar refractivity (Wildman–Crippen MR) is 175 cm³/mol. The summed E-state index contributed by atoms with van der Waals surface area (Å²) in [6, 6.07) is 9.96. The summed E-state index contributed by atoms with van der Waals surface area (Å²) in [7, 11) is 2.16. The van der Waals surface area contributed by atoms with Crippen molar-refractivity contribution in [2.75, 3.05) is 51.8 Å². The lowest BCUT2D eigenvalue weighted by atomic mass is 10.1. The number of fused-ring (bicyclic) bond motifs is 3. The molecule has 228 valence electrons. The third-order valence-electron chi connectivity index (χ3n) is 7.06. The van der Waals surface area contributed by atoms with E-state index in [4.69, 9.17) is 9.47 Å². The smallest absolute Gasteiger partial charge is 0.145 e. The van der Waals surface area contributed by atoms with E-state index < -0.39 is 0 Å². The Balaban J connectivity index is 0.000000274. The van der Waals surface area contributed by atoms with Crippen LogP contribution in [0.5, 0.6) is 11.5 Å². The molecular weight excluding hydrogens is 560 g/mol. The first kappa shape index (κ1) is 32.2. The minimum atomic E-state index is 0.733. The van der Waals surface area contributed by atoms with E-state index in [0.29, 0.717) is 0 Å². The Morgan fingerprint density at radius 1 is 1.07 bits per heavy atom. The number of allylic oxidation sites excluding steroid dienone is 1. The van der Waals surface area contributed by atoms with Crippen LogP contribution in [0.3, 0.4) is 0 Å². The maximum absolute atomic E-state index is 9.92. The lowest BCUT2D eigenvalue weighted by molar-refractivity contribution is -0.104. The molecule has 0 saturated carbocycles. The number of nitrogens with one attached hydrogen (secondary N) is 1. The molecule has 0 aliphatic carbocycles. The highest BCUT2D eigenvalue weighted by molar-refractivity contribution is 7.19. The van der Waals surface area contributed by atoms with E-state index in [1.54, 1.807) is 23.9 Å². The first-order chi connectivity index (χ1) is 21.0. The summed E-state index contributed by atoms with van der Waals surface area (Å²) < 4.78 is 11.2. The fourth-order valence-corrected chi connectivity index (χ4v) is 6.09. The van der Waals surface area contributed by atoms with E-state index in [1.165, 1.54) is 16.5 Å². The van der Waals surface area contributed by atoms with Gasteiger partial charge in [0.2, 0.25) is 0 Å². The van der Waals surface area contributed by atoms with Crippen molar-refractivity contribution in [1.29, 1.82) is 0 Å². The Bertz CT molecular complexity index is 1500. The van der Waals surface area contributed by atoms with Gasteiger partial charge in [0.25, 0.3) is 0 Å². The number of morpholine rings is 1. The molecule has 1 aromatic carbocycles. The molecule has 43 heavy (non-hydrogen) atoms. The number of thiophene rings is 1. The third-order valence-corrected chi connectivity index (χ3v) is 8.18. The Hall–Kier alpha value is -3.70. The van der Waals surface area contributed by atoms with Gasteiger partial charge in [-0.1, -0.05) is 19.9 Å². The van der Waals surface area contributed by atoms with Crippen molar-refractivity contribution in [3.05, 3.63) is 76.7 Å². The molecule has 1 fully saturated rings. The number of hydrogen-bond donors (Lipinski definition) is 1. The van der Waals surface area contributed by atoms with Gasteiger partial charge in [0.05, 0.1) is 24.8 Å². The van der Waals surface area contributed by atoms with Crippen LogP contribution in [-0.2, 0) is 22.5 Å². The number of aryl methyl sites for hydroxylation is 2. The monoisotopic (exact) mass is 602 g/mol. The fourth-order valence-electron chi connectivity index (χ4n) is 4.82. The summed E-state index contributed by atoms with van der Waals surface area (Å²) >= 11 is 1.78. The molecule has 6 rings (SSSR count). The lowest BCUT2D eigenvalue weighted by Gasteiger charge is -2.24. The molecule has 1 saturated heterocycles. The van der Waals surface area contributed by atoms with E-state index in [-0.39, 0.29) is 0 Å². The van der Waals surface area contributed by atoms with Gasteiger partial charge in [-0.2, -0.15) is 0 Å². The zero-order chi connectivity index (χ0) is 30.6. The number of rotatable bonds is 7. The van der Waals surface area contributed by atoms with Gasteiger partial charge in [0.15, 0.2) is 0 Å². The van der Waals surface area contributed by atoms with E-state index in [9.17, 15) is 4.79 Å². The minimum absolute atomic E-state index is 0.733. The molecule has 0 atom stereocenters. The van der Waals surface area contributed by atoms with E-state index in [2.05, 4.69) is 43.2 Å². The zero-order valence-electron chi connectivity index (χ0n) is 25.8. The Labute approximate surface area is 258 Å². The third kappa shape index (κ3) is 8.90. The number of carbonyl (C=O) groups excluding carboxylic acids is 1. The van der Waals surface area contributed by atoms with Crippen molar-refractivity contribution >= 4 is 39.3 Å². The fraction of sp³-hybridized carbons (Fsp3) is 0.394. The zero-order valence-corrected chi connectivity index (χ0v) is 26.6. The molecule has 0 spiro atoms. The van der Waals surface area contributed by atoms with Crippen molar-refractivity contribution in [3.8, 4) is 11.5 Å². The van der Waals surface area contributed by atoms with Gasteiger partial charge >= 0.3 is 0 Å². The second kappa shape index (κ2) is 16.2. The number of likely N-dealkylation sites (N-methyl/N-ethyl adjacent to an activating group) is 1. The molecule has 2 aliphatic heterocycles. The number of pyridine rings is 1. The molecule has 1 N–H and O–H groups in total. The SMILES string of the molecule is CC.Cc1ccc(Oc2ccc(Nc3ncnc4sc5c(c34)CCN(C)C5)cc2C)cn1.O=C/C=C/CN1CCOCC1. The number of anilines is 2. The number of aldehydes is 1. The number of nitrogens with zero attached hydrogens (tertiary/aromatic N) is 5. The van der Waals surface area contributed by atoms with Crippen molar-refractivity contribution in [2.45, 2.75) is 40.7 Å². The summed E-state index contributed by atoms with van der Waals surface area (Å²) in [6.07, 6.45) is 8.64. The summed E-state index contributed by atoms with van der Waals surface area (Å²) in [5, 5.41) is 4.67. The second-order valence-corrected chi connectivity index (χ2v) is 11.3. The quantitative estimate of drug-likeness (QED) is 0.192. The standard InChI is InChI=1S/C23H23N5OS.C8H13NO2.C2H6/c1-14-10-16(5-7-19(14)29-17-6-4-15(2)24-11-17)27-22-21-18-8-9-28(3)12-20(18)30-23(21)26-13-25-22;10-6-2-1-3-9-4-7-11-8-5-9;1-2/h4-7,10-11,13H,8-9,12H2,1-3H3,(H,25,26,27);1-2,6H,3-5,7-8H2;1-2H3/b;2-1+;. The molecule has 0 bridgehead atoms. The summed E-state index contributed by atoms with van der Waals surface area (Å²) in [5.74, 6) is 2.42. The van der Waals surface area contributed by atoms with Crippen molar-refractivity contribution < 1.29 is 14.3 Å². The van der Waals surface area contributed by atoms with Crippen LogP contribution in [0, 0.1) is 13.8 Å². The normalized spacial score (nSPS) is 15.2. The first-order valence-electron chi connectivity index (χ1n) is 14.8. The van der Waals surface area contributed by atoms with Gasteiger partial charge in [0.1, 0.15) is 34.8 Å². The Morgan fingerprint density at radius 3 is 2.60 bits per heavy atom. The predicted octanol–water partition coefficient (Wildman–Crippen LogP) is 6.33. The average Bonchev–Trinajstić information content (AvgIpc) is 3.40. The van der Waals surface area contributed by atoms with Crippen LogP contribution in [-0.4, -0.2) is 77.5 Å². The highest BCUT2D eigenvalue weighted by Gasteiger charge is 2.22. The second-order valence-electron chi connectivity index (χ2n) is 10.2. The molecule has 9 nitrogen and oxygen atoms in total. The van der Waals surface area contributed by atoms with Crippen molar-refractivity contribution in [3.63, 3.8) is 0 Å². The van der Waals surface area contributed by atoms with Crippen molar-refractivity contribution in [1.82, 2.24) is 24.8 Å². The summed E-state index contributed by atoms with van der Waals surface area (Å²) in [5.41, 5.74) is 4.38. The van der Waals surface area contributed by atoms with Crippen LogP contribution in [0.25, 0.3) is 10.2 Å². The number of aromatic nitrogens is 3. The lowest BCUT2D eigenvalue weighted by Crippen LogP contribution is -2.36. The Morgan fingerprint density at radius 2 is 1.88 bits per heavy atom. The molecular formula is C33H42N6O3S.